The molecule has 0 aromatic heterocycles. The molecule has 1 N–H and O–H groups in total. The minimum absolute atomic E-state index is 0. The molecule has 1 aromatic carbocycles. The lowest BCUT2D eigenvalue weighted by molar-refractivity contribution is 0.0683. The third kappa shape index (κ3) is 2.40. The molecule has 0 bridgehead atoms. The zero-order valence-corrected chi connectivity index (χ0v) is 8.44. The molecule has 0 atom stereocenters. The zero-order chi connectivity index (χ0) is 12.6. The van der Waals surface area contributed by atoms with Gasteiger partial charge in [-0.25, -0.2) is 22.4 Å². The molecule has 0 aliphatic carbocycles. The zero-order valence-electron chi connectivity index (χ0n) is 8.44. The van der Waals surface area contributed by atoms with Gasteiger partial charge < -0.3 is 5.11 Å². The number of halogens is 4. The summed E-state index contributed by atoms with van der Waals surface area (Å²) in [7, 11) is 0. The maximum Gasteiger partial charge on any atom is 0.341 e. The Balaban J connectivity index is 0.00000256. The maximum atomic E-state index is 13.3. The predicted molar refractivity (Wildman–Crippen MR) is 54.1 cm³/mol. The van der Waals surface area contributed by atoms with Crippen LogP contribution in [0.3, 0.4) is 0 Å². The molecule has 6 heteroatoms. The Kier molecular flexibility index (Phi) is 4.68. The monoisotopic (exact) mass is 252 g/mol. The van der Waals surface area contributed by atoms with Crippen LogP contribution < -0.4 is 0 Å². The molecule has 0 spiro atoms. The second-order valence-electron chi connectivity index (χ2n) is 3.50. The van der Waals surface area contributed by atoms with Gasteiger partial charge in [0.05, 0.1) is 0 Å². The van der Waals surface area contributed by atoms with Gasteiger partial charge in [-0.2, -0.15) is 0 Å². The summed E-state index contributed by atoms with van der Waals surface area (Å²) in [6.45, 7) is 2.67. The average Bonchev–Trinajstić information content (AvgIpc) is 2.14. The second-order valence-corrected chi connectivity index (χ2v) is 3.50. The van der Waals surface area contributed by atoms with Crippen molar-refractivity contribution >= 4 is 5.97 Å². The highest BCUT2D eigenvalue weighted by molar-refractivity contribution is 5.88. The highest BCUT2D eigenvalue weighted by atomic mass is 19.2. The molecule has 2 nitrogen and oxygen atoms in total. The van der Waals surface area contributed by atoms with Crippen molar-refractivity contribution in [1.82, 2.24) is 0 Å². The molecule has 17 heavy (non-hydrogen) atoms. The fourth-order valence-corrected chi connectivity index (χ4v) is 1.34. The van der Waals surface area contributed by atoms with Crippen molar-refractivity contribution in [3.8, 4) is 0 Å². The van der Waals surface area contributed by atoms with Crippen LogP contribution in [0.15, 0.2) is 0 Å². The van der Waals surface area contributed by atoms with Crippen molar-refractivity contribution in [2.24, 2.45) is 0 Å². The van der Waals surface area contributed by atoms with E-state index in [-0.39, 0.29) is 7.43 Å². The topological polar surface area (TPSA) is 37.3 Å². The fourth-order valence-electron chi connectivity index (χ4n) is 1.34. The van der Waals surface area contributed by atoms with E-state index in [0.717, 1.165) is 0 Å². The van der Waals surface area contributed by atoms with Crippen LogP contribution in [-0.2, 0) is 0 Å². The van der Waals surface area contributed by atoms with Crippen molar-refractivity contribution < 1.29 is 27.5 Å². The van der Waals surface area contributed by atoms with Crippen LogP contribution in [-0.4, -0.2) is 11.1 Å². The van der Waals surface area contributed by atoms with E-state index in [1.165, 1.54) is 13.8 Å². The fraction of sp³-hybridized carbons (Fsp3) is 0.364. The van der Waals surface area contributed by atoms with Gasteiger partial charge in [-0.1, -0.05) is 21.3 Å². The molecule has 0 aliphatic heterocycles. The van der Waals surface area contributed by atoms with E-state index < -0.39 is 46.3 Å². The Morgan fingerprint density at radius 1 is 1.00 bits per heavy atom. The molecule has 96 valence electrons. The quantitative estimate of drug-likeness (QED) is 0.643. The summed E-state index contributed by atoms with van der Waals surface area (Å²) in [5.41, 5.74) is -2.40. The van der Waals surface area contributed by atoms with Crippen LogP contribution in [0.25, 0.3) is 0 Å². The first kappa shape index (κ1) is 15.4. The molecule has 0 aliphatic rings. The first-order chi connectivity index (χ1) is 7.29. The number of rotatable bonds is 2. The minimum Gasteiger partial charge on any atom is -0.477 e. The lowest BCUT2D eigenvalue weighted by Gasteiger charge is -2.12. The van der Waals surface area contributed by atoms with Gasteiger partial charge in [-0.15, -0.1) is 0 Å². The SMILES string of the molecule is C.CC(C)c1c(F)c(F)c(C(=O)O)c(F)c1F. The number of hydrogen-bond acceptors (Lipinski definition) is 1. The van der Waals surface area contributed by atoms with Gasteiger partial charge in [0.2, 0.25) is 0 Å². The number of aromatic carboxylic acids is 1. The maximum absolute atomic E-state index is 13.3. The van der Waals surface area contributed by atoms with E-state index in [9.17, 15) is 22.4 Å². The van der Waals surface area contributed by atoms with Crippen molar-refractivity contribution in [2.45, 2.75) is 27.2 Å². The number of carboxylic acid groups (broad SMARTS) is 1. The summed E-state index contributed by atoms with van der Waals surface area (Å²) in [5.74, 6) is -9.93. The molecule has 0 saturated heterocycles. The summed E-state index contributed by atoms with van der Waals surface area (Å²) >= 11 is 0. The molecule has 0 unspecified atom stereocenters. The highest BCUT2D eigenvalue weighted by Crippen LogP contribution is 2.29. The first-order valence-electron chi connectivity index (χ1n) is 4.38. The Morgan fingerprint density at radius 2 is 1.35 bits per heavy atom. The summed E-state index contributed by atoms with van der Waals surface area (Å²) in [4.78, 5) is 10.4. The normalized spacial score (nSPS) is 10.3. The van der Waals surface area contributed by atoms with Crippen LogP contribution in [0.1, 0.15) is 43.1 Å². The molecule has 0 heterocycles. The number of benzene rings is 1. The van der Waals surface area contributed by atoms with E-state index in [1.807, 2.05) is 0 Å². The van der Waals surface area contributed by atoms with Crippen molar-refractivity contribution in [2.75, 3.05) is 0 Å². The van der Waals surface area contributed by atoms with E-state index in [1.54, 1.807) is 0 Å². The van der Waals surface area contributed by atoms with Gasteiger partial charge in [0.25, 0.3) is 0 Å². The third-order valence-electron chi connectivity index (χ3n) is 2.09. The average molecular weight is 252 g/mol. The van der Waals surface area contributed by atoms with Crippen molar-refractivity contribution in [3.05, 3.63) is 34.4 Å². The largest absolute Gasteiger partial charge is 0.477 e. The summed E-state index contributed by atoms with van der Waals surface area (Å²) in [5, 5.41) is 8.41. The molecular weight excluding hydrogens is 240 g/mol. The molecule has 1 rings (SSSR count). The third-order valence-corrected chi connectivity index (χ3v) is 2.09. The first-order valence-corrected chi connectivity index (χ1v) is 4.38. The molecule has 0 radical (unpaired) electrons. The molecule has 0 amide bonds. The van der Waals surface area contributed by atoms with E-state index in [2.05, 4.69) is 0 Å². The van der Waals surface area contributed by atoms with Gasteiger partial charge in [0.1, 0.15) is 5.56 Å². The Labute approximate surface area is 95.9 Å². The molecule has 0 saturated carbocycles. The molecular formula is C11H12F4O2. The lowest BCUT2D eigenvalue weighted by atomic mass is 9.99. The van der Waals surface area contributed by atoms with Crippen LogP contribution in [0, 0.1) is 23.3 Å². The second kappa shape index (κ2) is 5.16. The van der Waals surface area contributed by atoms with Gasteiger partial charge in [-0.05, 0) is 5.92 Å². The predicted octanol–water partition coefficient (Wildman–Crippen LogP) is 3.70. The number of carbonyl (C=O) groups is 1. The Bertz CT molecular complexity index is 426. The van der Waals surface area contributed by atoms with Gasteiger partial charge in [0.15, 0.2) is 23.3 Å². The molecule has 0 fully saturated rings. The van der Waals surface area contributed by atoms with Crippen molar-refractivity contribution in [3.63, 3.8) is 0 Å². The summed E-state index contributed by atoms with van der Waals surface area (Å²) in [6, 6.07) is 0. The van der Waals surface area contributed by atoms with Crippen LogP contribution in [0.5, 0.6) is 0 Å². The van der Waals surface area contributed by atoms with E-state index >= 15 is 0 Å². The molecule has 1 aromatic rings. The van der Waals surface area contributed by atoms with Crippen LogP contribution in [0.2, 0.25) is 0 Å². The van der Waals surface area contributed by atoms with Crippen LogP contribution >= 0.6 is 0 Å². The van der Waals surface area contributed by atoms with Gasteiger partial charge in [-0.3, -0.25) is 0 Å². The standard InChI is InChI=1S/C10H8F4O2.CH4/c1-3(2)4-6(11)8(13)5(10(15)16)9(14)7(4)12;/h3H,1-2H3,(H,15,16);1H4. The Hall–Kier alpha value is -1.59. The van der Waals surface area contributed by atoms with E-state index in [4.69, 9.17) is 5.11 Å². The lowest BCUT2D eigenvalue weighted by Crippen LogP contribution is -2.13. The van der Waals surface area contributed by atoms with Gasteiger partial charge in [0, 0.05) is 5.56 Å². The summed E-state index contributed by atoms with van der Waals surface area (Å²) in [6.07, 6.45) is 0. The Morgan fingerprint density at radius 3 is 1.59 bits per heavy atom. The smallest absolute Gasteiger partial charge is 0.341 e. The van der Waals surface area contributed by atoms with Gasteiger partial charge >= 0.3 is 5.97 Å². The van der Waals surface area contributed by atoms with Crippen LogP contribution in [0.4, 0.5) is 17.6 Å². The van der Waals surface area contributed by atoms with E-state index in [0.29, 0.717) is 0 Å². The minimum atomic E-state index is -2.05. The summed E-state index contributed by atoms with van der Waals surface area (Å²) < 4.78 is 52.8. The number of hydrogen-bond donors (Lipinski definition) is 1. The number of carboxylic acids is 1. The highest BCUT2D eigenvalue weighted by Gasteiger charge is 2.29. The van der Waals surface area contributed by atoms with Crippen molar-refractivity contribution in [1.29, 1.82) is 0 Å².